The third-order valence-corrected chi connectivity index (χ3v) is 3.54. The monoisotopic (exact) mass is 248 g/mol. The van der Waals surface area contributed by atoms with Crippen molar-refractivity contribution >= 4 is 5.69 Å². The lowest BCUT2D eigenvalue weighted by molar-refractivity contribution is 0.411. The van der Waals surface area contributed by atoms with Crippen LogP contribution in [-0.2, 0) is 0 Å². The second-order valence-corrected chi connectivity index (χ2v) is 5.74. The van der Waals surface area contributed by atoms with Crippen LogP contribution in [0.5, 0.6) is 5.75 Å². The van der Waals surface area contributed by atoms with Gasteiger partial charge in [-0.15, -0.1) is 0 Å². The zero-order chi connectivity index (χ0) is 13.2. The van der Waals surface area contributed by atoms with Gasteiger partial charge in [0.25, 0.3) is 0 Å². The van der Waals surface area contributed by atoms with Gasteiger partial charge in [-0.1, -0.05) is 0 Å². The highest BCUT2D eigenvalue weighted by molar-refractivity contribution is 5.53. The summed E-state index contributed by atoms with van der Waals surface area (Å²) in [6, 6.07) is 6.45. The minimum atomic E-state index is 0.171. The van der Waals surface area contributed by atoms with Crippen LogP contribution in [0.25, 0.3) is 0 Å². The van der Waals surface area contributed by atoms with Crippen LogP contribution < -0.4 is 15.0 Å². The fourth-order valence-electron chi connectivity index (χ4n) is 2.59. The average molecular weight is 248 g/mol. The normalized spacial score (nSPS) is 19.4. The Morgan fingerprint density at radius 1 is 1.33 bits per heavy atom. The third-order valence-electron chi connectivity index (χ3n) is 3.54. The molecule has 0 saturated carbocycles. The Morgan fingerprint density at radius 3 is 2.78 bits per heavy atom. The van der Waals surface area contributed by atoms with Gasteiger partial charge >= 0.3 is 0 Å². The molecular weight excluding hydrogens is 224 g/mol. The second kappa shape index (κ2) is 5.19. The Morgan fingerprint density at radius 2 is 2.11 bits per heavy atom. The Labute approximate surface area is 110 Å². The van der Waals surface area contributed by atoms with Crippen molar-refractivity contribution < 1.29 is 4.74 Å². The molecule has 1 heterocycles. The van der Waals surface area contributed by atoms with Crippen molar-refractivity contribution in [2.45, 2.75) is 32.7 Å². The molecule has 0 amide bonds. The molecule has 1 N–H and O–H groups in total. The molecule has 0 radical (unpaired) electrons. The summed E-state index contributed by atoms with van der Waals surface area (Å²) in [5.74, 6) is 0.964. The molecular formula is C15H24N2O. The average Bonchev–Trinajstić information content (AvgIpc) is 2.50. The maximum Gasteiger partial charge on any atom is 0.121 e. The first kappa shape index (κ1) is 13.2. The summed E-state index contributed by atoms with van der Waals surface area (Å²) in [7, 11) is 1.72. The van der Waals surface area contributed by atoms with E-state index < -0.39 is 0 Å². The lowest BCUT2D eigenvalue weighted by Gasteiger charge is -2.31. The Balaban J connectivity index is 2.22. The van der Waals surface area contributed by atoms with Crippen molar-refractivity contribution in [1.82, 2.24) is 5.32 Å². The SMILES string of the molecule is COc1ccc(N2CCCNC(C)(C)C2)cc1C. The van der Waals surface area contributed by atoms with Gasteiger partial charge in [0.05, 0.1) is 7.11 Å². The van der Waals surface area contributed by atoms with Crippen molar-refractivity contribution in [2.75, 3.05) is 31.6 Å². The van der Waals surface area contributed by atoms with E-state index in [-0.39, 0.29) is 5.54 Å². The van der Waals surface area contributed by atoms with E-state index in [0.29, 0.717) is 0 Å². The molecule has 2 rings (SSSR count). The number of rotatable bonds is 2. The topological polar surface area (TPSA) is 24.5 Å². The van der Waals surface area contributed by atoms with Gasteiger partial charge in [-0.2, -0.15) is 0 Å². The van der Waals surface area contributed by atoms with Crippen LogP contribution >= 0.6 is 0 Å². The molecule has 1 fully saturated rings. The van der Waals surface area contributed by atoms with Crippen molar-refractivity contribution in [3.8, 4) is 5.75 Å². The highest BCUT2D eigenvalue weighted by Crippen LogP contribution is 2.26. The largest absolute Gasteiger partial charge is 0.496 e. The predicted octanol–water partition coefficient (Wildman–Crippen LogP) is 2.58. The number of benzene rings is 1. The standard InChI is InChI=1S/C15H24N2O/c1-12-10-13(6-7-14(12)18-4)17-9-5-8-16-15(2,3)11-17/h6-7,10,16H,5,8-9,11H2,1-4H3. The minimum Gasteiger partial charge on any atom is -0.496 e. The zero-order valence-electron chi connectivity index (χ0n) is 11.9. The maximum absolute atomic E-state index is 5.32. The quantitative estimate of drug-likeness (QED) is 0.870. The van der Waals surface area contributed by atoms with Gasteiger partial charge < -0.3 is 15.0 Å². The van der Waals surface area contributed by atoms with Gasteiger partial charge in [-0.25, -0.2) is 0 Å². The van der Waals surface area contributed by atoms with Crippen LogP contribution in [0.15, 0.2) is 18.2 Å². The van der Waals surface area contributed by atoms with Gasteiger partial charge in [0.1, 0.15) is 5.75 Å². The lowest BCUT2D eigenvalue weighted by Crippen LogP contribution is -2.46. The highest BCUT2D eigenvalue weighted by Gasteiger charge is 2.24. The summed E-state index contributed by atoms with van der Waals surface area (Å²) in [6.45, 7) is 9.88. The number of methoxy groups -OCH3 is 1. The fourth-order valence-corrected chi connectivity index (χ4v) is 2.59. The molecule has 1 aliphatic heterocycles. The van der Waals surface area contributed by atoms with Gasteiger partial charge in [0.15, 0.2) is 0 Å². The molecule has 18 heavy (non-hydrogen) atoms. The minimum absolute atomic E-state index is 0.171. The van der Waals surface area contributed by atoms with Gasteiger partial charge in [0.2, 0.25) is 0 Å². The van der Waals surface area contributed by atoms with Gasteiger partial charge in [-0.05, 0) is 57.5 Å². The molecule has 1 aromatic carbocycles. The molecule has 0 aliphatic carbocycles. The van der Waals surface area contributed by atoms with E-state index in [2.05, 4.69) is 49.2 Å². The second-order valence-electron chi connectivity index (χ2n) is 5.74. The van der Waals surface area contributed by atoms with E-state index in [9.17, 15) is 0 Å². The summed E-state index contributed by atoms with van der Waals surface area (Å²) < 4.78 is 5.32. The molecule has 3 nitrogen and oxygen atoms in total. The summed E-state index contributed by atoms with van der Waals surface area (Å²) >= 11 is 0. The predicted molar refractivity (Wildman–Crippen MR) is 76.6 cm³/mol. The Kier molecular flexibility index (Phi) is 3.81. The van der Waals surface area contributed by atoms with Crippen molar-refractivity contribution in [1.29, 1.82) is 0 Å². The van der Waals surface area contributed by atoms with Crippen LogP contribution in [0, 0.1) is 6.92 Å². The summed E-state index contributed by atoms with van der Waals surface area (Å²) in [6.07, 6.45) is 1.19. The molecule has 1 aromatic rings. The van der Waals surface area contributed by atoms with Crippen LogP contribution in [-0.4, -0.2) is 32.3 Å². The molecule has 1 saturated heterocycles. The van der Waals surface area contributed by atoms with E-state index in [0.717, 1.165) is 25.4 Å². The third kappa shape index (κ3) is 2.96. The number of nitrogens with one attached hydrogen (secondary N) is 1. The highest BCUT2D eigenvalue weighted by atomic mass is 16.5. The van der Waals surface area contributed by atoms with Crippen molar-refractivity contribution in [2.24, 2.45) is 0 Å². The van der Waals surface area contributed by atoms with Crippen LogP contribution in [0.1, 0.15) is 25.8 Å². The first-order chi connectivity index (χ1) is 8.52. The Hall–Kier alpha value is -1.22. The fraction of sp³-hybridized carbons (Fsp3) is 0.600. The Bertz CT molecular complexity index is 415. The number of hydrogen-bond donors (Lipinski definition) is 1. The van der Waals surface area contributed by atoms with Crippen molar-refractivity contribution in [3.63, 3.8) is 0 Å². The summed E-state index contributed by atoms with van der Waals surface area (Å²) in [5.41, 5.74) is 2.67. The molecule has 0 atom stereocenters. The molecule has 1 aliphatic rings. The van der Waals surface area contributed by atoms with E-state index in [1.807, 2.05) is 0 Å². The lowest BCUT2D eigenvalue weighted by atomic mass is 10.0. The molecule has 0 spiro atoms. The number of nitrogens with zero attached hydrogens (tertiary/aromatic N) is 1. The molecule has 3 heteroatoms. The van der Waals surface area contributed by atoms with Crippen LogP contribution in [0.2, 0.25) is 0 Å². The van der Waals surface area contributed by atoms with E-state index in [1.165, 1.54) is 17.7 Å². The maximum atomic E-state index is 5.32. The number of anilines is 1. The number of aryl methyl sites for hydroxylation is 1. The van der Waals surface area contributed by atoms with Crippen molar-refractivity contribution in [3.05, 3.63) is 23.8 Å². The van der Waals surface area contributed by atoms with E-state index in [4.69, 9.17) is 4.74 Å². The van der Waals surface area contributed by atoms with Crippen LogP contribution in [0.3, 0.4) is 0 Å². The molecule has 0 bridgehead atoms. The number of hydrogen-bond acceptors (Lipinski definition) is 3. The first-order valence-corrected chi connectivity index (χ1v) is 6.66. The molecule has 100 valence electrons. The number of ether oxygens (including phenoxy) is 1. The van der Waals surface area contributed by atoms with Crippen LogP contribution in [0.4, 0.5) is 5.69 Å². The van der Waals surface area contributed by atoms with E-state index >= 15 is 0 Å². The summed E-state index contributed by atoms with van der Waals surface area (Å²) in [5, 5.41) is 3.59. The summed E-state index contributed by atoms with van der Waals surface area (Å²) in [4.78, 5) is 2.46. The van der Waals surface area contributed by atoms with Gasteiger partial charge in [0, 0.05) is 24.3 Å². The van der Waals surface area contributed by atoms with E-state index in [1.54, 1.807) is 7.11 Å². The zero-order valence-corrected chi connectivity index (χ0v) is 11.9. The van der Waals surface area contributed by atoms with Gasteiger partial charge in [-0.3, -0.25) is 0 Å². The smallest absolute Gasteiger partial charge is 0.121 e. The molecule has 0 aromatic heterocycles. The first-order valence-electron chi connectivity index (χ1n) is 6.66. The molecule has 0 unspecified atom stereocenters.